The number of aliphatic imine (C=N–C) groups is 1. The predicted molar refractivity (Wildman–Crippen MR) is 123 cm³/mol. The van der Waals surface area contributed by atoms with E-state index in [1.165, 1.54) is 6.20 Å². The highest BCUT2D eigenvalue weighted by Crippen LogP contribution is 2.52. The molecule has 5 rings (SSSR count). The van der Waals surface area contributed by atoms with E-state index in [1.54, 1.807) is 30.5 Å². The number of hydrogen-bond donors (Lipinski definition) is 1. The summed E-state index contributed by atoms with van der Waals surface area (Å²) in [6.45, 7) is 6.53. The average molecular weight is 442 g/mol. The second kappa shape index (κ2) is 7.59. The van der Waals surface area contributed by atoms with E-state index >= 15 is 0 Å². The van der Waals surface area contributed by atoms with Crippen molar-refractivity contribution in [3.05, 3.63) is 71.4 Å². The molecule has 33 heavy (non-hydrogen) atoms. The maximum atomic E-state index is 14.4. The Hall–Kier alpha value is -3.92. The maximum Gasteiger partial charge on any atom is 0.283 e. The van der Waals surface area contributed by atoms with Gasteiger partial charge in [0.25, 0.3) is 6.02 Å². The number of nitrogens with two attached hydrogens (primary N) is 1. The van der Waals surface area contributed by atoms with E-state index in [0.717, 1.165) is 16.7 Å². The quantitative estimate of drug-likeness (QED) is 0.434. The van der Waals surface area contributed by atoms with Crippen LogP contribution in [0.15, 0.2) is 53.8 Å². The molecule has 3 aromatic rings. The standard InChI is InChI=1S/C26H23FN4O2/c1-25(2,3)9-8-16-13-20-23(30-15-16)33-21-7-6-17(18-5-4-11-29-22(18)27)14-19(21)26(20)10-12-32-24(28)31-26/h4-7,11,13-15H,10,12H2,1-3H3,(H2,28,31). The van der Waals surface area contributed by atoms with Gasteiger partial charge in [-0.25, -0.2) is 15.0 Å². The Bertz CT molecular complexity index is 1350. The van der Waals surface area contributed by atoms with Gasteiger partial charge in [0.15, 0.2) is 0 Å². The van der Waals surface area contributed by atoms with E-state index in [0.29, 0.717) is 35.8 Å². The van der Waals surface area contributed by atoms with Crippen LogP contribution in [-0.4, -0.2) is 22.6 Å². The molecule has 1 unspecified atom stereocenters. The summed E-state index contributed by atoms with van der Waals surface area (Å²) in [4.78, 5) is 13.1. The summed E-state index contributed by atoms with van der Waals surface area (Å²) in [5.74, 6) is 6.93. The van der Waals surface area contributed by atoms with E-state index in [9.17, 15) is 4.39 Å². The van der Waals surface area contributed by atoms with Gasteiger partial charge in [0.2, 0.25) is 11.8 Å². The van der Waals surface area contributed by atoms with Crippen LogP contribution in [0.2, 0.25) is 0 Å². The SMILES string of the molecule is CC(C)(C)C#Cc1cnc2c(c1)C1(CCOC(N)=N1)c1cc(-c3cccnc3F)ccc1O2. The summed E-state index contributed by atoms with van der Waals surface area (Å²) in [7, 11) is 0. The molecule has 0 aliphatic carbocycles. The van der Waals surface area contributed by atoms with Gasteiger partial charge in [-0.3, -0.25) is 0 Å². The van der Waals surface area contributed by atoms with Crippen molar-refractivity contribution in [2.45, 2.75) is 32.7 Å². The minimum Gasteiger partial charge on any atom is -0.465 e. The normalized spacial score (nSPS) is 18.7. The number of aromatic nitrogens is 2. The van der Waals surface area contributed by atoms with Crippen LogP contribution < -0.4 is 10.5 Å². The maximum absolute atomic E-state index is 14.4. The molecular formula is C26H23FN4O2. The number of fused-ring (bicyclic) bond motifs is 4. The van der Waals surface area contributed by atoms with Crippen molar-refractivity contribution < 1.29 is 13.9 Å². The molecule has 1 atom stereocenters. The first-order valence-corrected chi connectivity index (χ1v) is 10.7. The number of nitrogens with zero attached hydrogens (tertiary/aromatic N) is 3. The van der Waals surface area contributed by atoms with E-state index in [2.05, 4.69) is 42.6 Å². The van der Waals surface area contributed by atoms with Crippen molar-refractivity contribution in [3.8, 4) is 34.6 Å². The van der Waals surface area contributed by atoms with Crippen molar-refractivity contribution in [2.24, 2.45) is 16.1 Å². The summed E-state index contributed by atoms with van der Waals surface area (Å²) in [5.41, 5.74) is 8.36. The van der Waals surface area contributed by atoms with Crippen molar-refractivity contribution in [2.75, 3.05) is 6.61 Å². The lowest BCUT2D eigenvalue weighted by molar-refractivity contribution is 0.218. The fraction of sp³-hybridized carbons (Fsp3) is 0.269. The summed E-state index contributed by atoms with van der Waals surface area (Å²) in [6.07, 6.45) is 3.64. The van der Waals surface area contributed by atoms with Gasteiger partial charge >= 0.3 is 0 Å². The molecule has 1 spiro atoms. The molecule has 2 N–H and O–H groups in total. The lowest BCUT2D eigenvalue weighted by Gasteiger charge is -2.38. The zero-order valence-electron chi connectivity index (χ0n) is 18.6. The van der Waals surface area contributed by atoms with Crippen molar-refractivity contribution in [3.63, 3.8) is 0 Å². The number of halogens is 1. The van der Waals surface area contributed by atoms with Crippen LogP contribution in [0, 0.1) is 23.2 Å². The number of ether oxygens (including phenoxy) is 2. The summed E-state index contributed by atoms with van der Waals surface area (Å²) in [5, 5.41) is 0. The molecule has 2 aliphatic rings. The third kappa shape index (κ3) is 3.78. The van der Waals surface area contributed by atoms with Gasteiger partial charge in [0, 0.05) is 46.5 Å². The molecule has 0 amide bonds. The Morgan fingerprint density at radius 2 is 1.97 bits per heavy atom. The number of hydrogen-bond acceptors (Lipinski definition) is 6. The van der Waals surface area contributed by atoms with E-state index < -0.39 is 11.5 Å². The molecule has 2 aromatic heterocycles. The molecule has 2 aliphatic heterocycles. The molecular weight excluding hydrogens is 419 g/mol. The lowest BCUT2D eigenvalue weighted by Crippen LogP contribution is -2.38. The van der Waals surface area contributed by atoms with Crippen LogP contribution >= 0.6 is 0 Å². The van der Waals surface area contributed by atoms with Crippen molar-refractivity contribution in [1.82, 2.24) is 9.97 Å². The first kappa shape index (κ1) is 21.0. The highest BCUT2D eigenvalue weighted by molar-refractivity contribution is 5.76. The third-order valence-corrected chi connectivity index (χ3v) is 5.60. The summed E-state index contributed by atoms with van der Waals surface area (Å²) < 4.78 is 26.0. The Morgan fingerprint density at radius 3 is 2.73 bits per heavy atom. The Balaban J connectivity index is 1.72. The second-order valence-corrected chi connectivity index (χ2v) is 9.14. The van der Waals surface area contributed by atoms with Gasteiger partial charge < -0.3 is 15.2 Å². The molecule has 0 fully saturated rings. The highest BCUT2D eigenvalue weighted by atomic mass is 19.1. The van der Waals surface area contributed by atoms with Crippen LogP contribution in [0.4, 0.5) is 4.39 Å². The van der Waals surface area contributed by atoms with Crippen molar-refractivity contribution in [1.29, 1.82) is 0 Å². The number of pyridine rings is 2. The smallest absolute Gasteiger partial charge is 0.283 e. The number of benzene rings is 1. The van der Waals surface area contributed by atoms with Gasteiger partial charge in [-0.05, 0) is 56.7 Å². The minimum absolute atomic E-state index is 0.0872. The molecule has 1 aromatic carbocycles. The molecule has 7 heteroatoms. The van der Waals surface area contributed by atoms with Crippen molar-refractivity contribution >= 4 is 6.02 Å². The van der Waals surface area contributed by atoms with E-state index in [4.69, 9.17) is 20.2 Å². The first-order valence-electron chi connectivity index (χ1n) is 10.7. The zero-order chi connectivity index (χ0) is 23.2. The summed E-state index contributed by atoms with van der Waals surface area (Å²) >= 11 is 0. The Labute approximate surface area is 191 Å². The van der Waals surface area contributed by atoms with Crippen LogP contribution in [0.5, 0.6) is 11.6 Å². The van der Waals surface area contributed by atoms with Gasteiger partial charge in [-0.2, -0.15) is 4.39 Å². The average Bonchev–Trinajstić information content (AvgIpc) is 2.78. The van der Waals surface area contributed by atoms with Gasteiger partial charge in [0.05, 0.1) is 6.61 Å². The second-order valence-electron chi connectivity index (χ2n) is 9.14. The van der Waals surface area contributed by atoms with Crippen LogP contribution in [0.3, 0.4) is 0 Å². The Morgan fingerprint density at radius 1 is 1.12 bits per heavy atom. The van der Waals surface area contributed by atoms with Crippen LogP contribution in [0.1, 0.15) is 43.9 Å². The van der Waals surface area contributed by atoms with Gasteiger partial charge in [-0.15, -0.1) is 0 Å². The number of rotatable bonds is 1. The molecule has 0 bridgehead atoms. The lowest BCUT2D eigenvalue weighted by atomic mass is 9.77. The first-order chi connectivity index (χ1) is 15.7. The van der Waals surface area contributed by atoms with Gasteiger partial charge in [0.1, 0.15) is 11.3 Å². The van der Waals surface area contributed by atoms with Gasteiger partial charge in [-0.1, -0.05) is 17.9 Å². The molecule has 0 saturated carbocycles. The fourth-order valence-corrected chi connectivity index (χ4v) is 4.09. The van der Waals surface area contributed by atoms with E-state index in [-0.39, 0.29) is 11.4 Å². The Kier molecular flexibility index (Phi) is 4.82. The summed E-state index contributed by atoms with van der Waals surface area (Å²) in [6, 6.07) is 10.9. The molecule has 6 nitrogen and oxygen atoms in total. The van der Waals surface area contributed by atoms with Crippen LogP contribution in [-0.2, 0) is 10.3 Å². The molecule has 4 heterocycles. The minimum atomic E-state index is -0.883. The topological polar surface area (TPSA) is 82.6 Å². The largest absolute Gasteiger partial charge is 0.465 e. The molecule has 166 valence electrons. The van der Waals surface area contributed by atoms with Crippen LogP contribution in [0.25, 0.3) is 11.1 Å². The molecule has 0 saturated heterocycles. The monoisotopic (exact) mass is 442 g/mol. The third-order valence-electron chi connectivity index (χ3n) is 5.60. The molecule has 0 radical (unpaired) electrons. The highest BCUT2D eigenvalue weighted by Gasteiger charge is 2.45. The zero-order valence-corrected chi connectivity index (χ0v) is 18.6. The number of amidine groups is 1. The predicted octanol–water partition coefficient (Wildman–Crippen LogP) is 4.76. The fourth-order valence-electron chi connectivity index (χ4n) is 4.09. The van der Waals surface area contributed by atoms with E-state index in [1.807, 2.05) is 12.1 Å².